The van der Waals surface area contributed by atoms with Crippen molar-refractivity contribution < 1.29 is 19.1 Å². The van der Waals surface area contributed by atoms with Crippen LogP contribution in [0.5, 0.6) is 5.75 Å². The van der Waals surface area contributed by atoms with Crippen molar-refractivity contribution in [3.05, 3.63) is 78.1 Å². The maximum Gasteiger partial charge on any atom is 0.337 e. The van der Waals surface area contributed by atoms with E-state index in [-0.39, 0.29) is 5.91 Å². The summed E-state index contributed by atoms with van der Waals surface area (Å²) in [6.45, 7) is 0. The van der Waals surface area contributed by atoms with Gasteiger partial charge < -0.3 is 20.1 Å². The number of aromatic nitrogens is 1. The SMILES string of the molecule is COC(=O)c1cccc(Nc2cncc(C(=O)Nc3cccc(OC)c3)c2)c1. The predicted molar refractivity (Wildman–Crippen MR) is 106 cm³/mol. The zero-order chi connectivity index (χ0) is 19.9. The van der Waals surface area contributed by atoms with Crippen molar-refractivity contribution in [1.82, 2.24) is 4.98 Å². The summed E-state index contributed by atoms with van der Waals surface area (Å²) in [6.07, 6.45) is 3.07. The largest absolute Gasteiger partial charge is 0.497 e. The van der Waals surface area contributed by atoms with E-state index in [2.05, 4.69) is 15.6 Å². The van der Waals surface area contributed by atoms with E-state index in [1.54, 1.807) is 67.9 Å². The summed E-state index contributed by atoms with van der Waals surface area (Å²) in [5, 5.41) is 5.94. The smallest absolute Gasteiger partial charge is 0.337 e. The first-order valence-electron chi connectivity index (χ1n) is 8.45. The Balaban J connectivity index is 1.75. The van der Waals surface area contributed by atoms with Gasteiger partial charge in [0.05, 0.1) is 37.2 Å². The van der Waals surface area contributed by atoms with Crippen LogP contribution in [0.15, 0.2) is 67.0 Å². The van der Waals surface area contributed by atoms with E-state index in [4.69, 9.17) is 9.47 Å². The molecule has 0 bridgehead atoms. The number of methoxy groups -OCH3 is 2. The van der Waals surface area contributed by atoms with Crippen molar-refractivity contribution in [3.8, 4) is 5.75 Å². The fourth-order valence-corrected chi connectivity index (χ4v) is 2.54. The molecule has 2 aromatic carbocycles. The van der Waals surface area contributed by atoms with E-state index in [1.807, 2.05) is 0 Å². The van der Waals surface area contributed by atoms with Gasteiger partial charge in [-0.15, -0.1) is 0 Å². The number of carbonyl (C=O) groups excluding carboxylic acids is 2. The quantitative estimate of drug-likeness (QED) is 0.634. The highest BCUT2D eigenvalue weighted by molar-refractivity contribution is 6.04. The van der Waals surface area contributed by atoms with Gasteiger partial charge >= 0.3 is 5.97 Å². The van der Waals surface area contributed by atoms with Gasteiger partial charge in [0.25, 0.3) is 5.91 Å². The summed E-state index contributed by atoms with van der Waals surface area (Å²) < 4.78 is 9.88. The van der Waals surface area contributed by atoms with Gasteiger partial charge in [-0.3, -0.25) is 9.78 Å². The van der Waals surface area contributed by atoms with Gasteiger partial charge in [-0.2, -0.15) is 0 Å². The highest BCUT2D eigenvalue weighted by atomic mass is 16.5. The highest BCUT2D eigenvalue weighted by Crippen LogP contribution is 2.20. The van der Waals surface area contributed by atoms with Crippen LogP contribution < -0.4 is 15.4 Å². The lowest BCUT2D eigenvalue weighted by Crippen LogP contribution is -2.12. The average molecular weight is 377 g/mol. The highest BCUT2D eigenvalue weighted by Gasteiger charge is 2.10. The number of ether oxygens (including phenoxy) is 2. The topological polar surface area (TPSA) is 89.5 Å². The molecule has 7 nitrogen and oxygen atoms in total. The van der Waals surface area contributed by atoms with Crippen molar-refractivity contribution in [2.75, 3.05) is 24.9 Å². The van der Waals surface area contributed by atoms with E-state index in [0.717, 1.165) is 0 Å². The first kappa shape index (κ1) is 18.9. The molecule has 1 heterocycles. The number of benzene rings is 2. The molecular formula is C21H19N3O4. The third-order valence-electron chi connectivity index (χ3n) is 3.90. The Morgan fingerprint density at radius 1 is 0.857 bits per heavy atom. The van der Waals surface area contributed by atoms with Crippen LogP contribution in [0.2, 0.25) is 0 Å². The van der Waals surface area contributed by atoms with Gasteiger partial charge in [-0.25, -0.2) is 4.79 Å². The molecule has 7 heteroatoms. The lowest BCUT2D eigenvalue weighted by molar-refractivity contribution is 0.0600. The van der Waals surface area contributed by atoms with Crippen molar-refractivity contribution in [2.45, 2.75) is 0 Å². The molecule has 0 saturated heterocycles. The molecule has 3 rings (SSSR count). The molecule has 0 unspecified atom stereocenters. The zero-order valence-electron chi connectivity index (χ0n) is 15.4. The number of hydrogen-bond donors (Lipinski definition) is 2. The Hall–Kier alpha value is -3.87. The number of nitrogens with zero attached hydrogens (tertiary/aromatic N) is 1. The second kappa shape index (κ2) is 8.68. The fraction of sp³-hybridized carbons (Fsp3) is 0.0952. The molecule has 0 aliphatic rings. The second-order valence-corrected chi connectivity index (χ2v) is 5.85. The maximum absolute atomic E-state index is 12.5. The third kappa shape index (κ3) is 4.64. The molecule has 2 N–H and O–H groups in total. The molecular weight excluding hydrogens is 358 g/mol. The molecule has 0 aliphatic carbocycles. The van der Waals surface area contributed by atoms with Crippen LogP contribution in [-0.2, 0) is 4.74 Å². The number of nitrogens with one attached hydrogen (secondary N) is 2. The molecule has 0 spiro atoms. The summed E-state index contributed by atoms with van der Waals surface area (Å²) in [4.78, 5) is 28.3. The van der Waals surface area contributed by atoms with Crippen LogP contribution in [0, 0.1) is 0 Å². The molecule has 0 radical (unpaired) electrons. The van der Waals surface area contributed by atoms with E-state index in [0.29, 0.717) is 33.9 Å². The predicted octanol–water partition coefficient (Wildman–Crippen LogP) is 3.87. The van der Waals surface area contributed by atoms with Gasteiger partial charge in [0, 0.05) is 23.6 Å². The monoisotopic (exact) mass is 377 g/mol. The van der Waals surface area contributed by atoms with E-state index in [9.17, 15) is 9.59 Å². The van der Waals surface area contributed by atoms with Gasteiger partial charge in [-0.1, -0.05) is 12.1 Å². The summed E-state index contributed by atoms with van der Waals surface area (Å²) in [7, 11) is 2.89. The second-order valence-electron chi connectivity index (χ2n) is 5.85. The summed E-state index contributed by atoms with van der Waals surface area (Å²) in [6, 6.07) is 15.6. The normalized spacial score (nSPS) is 10.1. The minimum atomic E-state index is -0.423. The van der Waals surface area contributed by atoms with Gasteiger partial charge in [0.2, 0.25) is 0 Å². The Kier molecular flexibility index (Phi) is 5.86. The Morgan fingerprint density at radius 2 is 1.61 bits per heavy atom. The van der Waals surface area contributed by atoms with E-state index in [1.165, 1.54) is 13.3 Å². The molecule has 1 aromatic heterocycles. The lowest BCUT2D eigenvalue weighted by atomic mass is 10.2. The van der Waals surface area contributed by atoms with E-state index < -0.39 is 5.97 Å². The van der Waals surface area contributed by atoms with Crippen molar-refractivity contribution in [2.24, 2.45) is 0 Å². The molecule has 142 valence electrons. The van der Waals surface area contributed by atoms with E-state index >= 15 is 0 Å². The number of rotatable bonds is 6. The Bertz CT molecular complexity index is 1000. The first-order chi connectivity index (χ1) is 13.6. The number of esters is 1. The third-order valence-corrected chi connectivity index (χ3v) is 3.90. The standard InChI is InChI=1S/C21H19N3O4/c1-27-19-8-4-7-17(11-19)24-20(25)15-10-18(13-22-12-15)23-16-6-3-5-14(9-16)21(26)28-2/h3-13,23H,1-2H3,(H,24,25). The van der Waals surface area contributed by atoms with Gasteiger partial charge in [0.15, 0.2) is 0 Å². The van der Waals surface area contributed by atoms with Crippen LogP contribution in [-0.4, -0.2) is 31.1 Å². The molecule has 28 heavy (non-hydrogen) atoms. The summed E-state index contributed by atoms with van der Waals surface area (Å²) in [5.74, 6) is -0.0715. The number of carbonyl (C=O) groups is 2. The number of amides is 1. The minimum absolute atomic E-state index is 0.298. The van der Waals surface area contributed by atoms with Crippen LogP contribution in [0.3, 0.4) is 0 Å². The fourth-order valence-electron chi connectivity index (χ4n) is 2.54. The molecule has 3 aromatic rings. The van der Waals surface area contributed by atoms with Crippen LogP contribution in [0.4, 0.5) is 17.1 Å². The lowest BCUT2D eigenvalue weighted by Gasteiger charge is -2.10. The Morgan fingerprint density at radius 3 is 2.39 bits per heavy atom. The average Bonchev–Trinajstić information content (AvgIpc) is 2.73. The number of anilines is 3. The van der Waals surface area contributed by atoms with Crippen LogP contribution in [0.25, 0.3) is 0 Å². The number of hydrogen-bond acceptors (Lipinski definition) is 6. The number of pyridine rings is 1. The van der Waals surface area contributed by atoms with Crippen molar-refractivity contribution >= 4 is 28.9 Å². The molecule has 0 saturated carbocycles. The maximum atomic E-state index is 12.5. The summed E-state index contributed by atoms with van der Waals surface area (Å²) in [5.41, 5.74) is 2.72. The Labute approximate surface area is 162 Å². The molecule has 0 aliphatic heterocycles. The van der Waals surface area contributed by atoms with Crippen LogP contribution in [0.1, 0.15) is 20.7 Å². The molecule has 1 amide bonds. The van der Waals surface area contributed by atoms with Gasteiger partial charge in [-0.05, 0) is 36.4 Å². The first-order valence-corrected chi connectivity index (χ1v) is 8.45. The molecule has 0 atom stereocenters. The van der Waals surface area contributed by atoms with Gasteiger partial charge in [0.1, 0.15) is 5.75 Å². The van der Waals surface area contributed by atoms with Crippen molar-refractivity contribution in [1.29, 1.82) is 0 Å². The van der Waals surface area contributed by atoms with Crippen molar-refractivity contribution in [3.63, 3.8) is 0 Å². The van der Waals surface area contributed by atoms with Crippen LogP contribution >= 0.6 is 0 Å². The zero-order valence-corrected chi connectivity index (χ0v) is 15.4. The minimum Gasteiger partial charge on any atom is -0.497 e. The molecule has 0 fully saturated rings. The summed E-state index contributed by atoms with van der Waals surface area (Å²) >= 11 is 0.